The van der Waals surface area contributed by atoms with E-state index in [1.54, 1.807) is 25.1 Å². The van der Waals surface area contributed by atoms with E-state index in [0.717, 1.165) is 6.33 Å². The Balaban J connectivity index is 1.56. The van der Waals surface area contributed by atoms with Gasteiger partial charge in [-0.05, 0) is 38.1 Å². The predicted molar refractivity (Wildman–Crippen MR) is 143 cm³/mol. The van der Waals surface area contributed by atoms with Crippen molar-refractivity contribution in [3.63, 3.8) is 0 Å². The molecule has 0 bridgehead atoms. The molecule has 1 aliphatic heterocycles. The number of benzene rings is 1. The minimum atomic E-state index is -4.45. The topological polar surface area (TPSA) is 189 Å². The Labute approximate surface area is 235 Å². The lowest BCUT2D eigenvalue weighted by molar-refractivity contribution is -0.148. The van der Waals surface area contributed by atoms with Gasteiger partial charge in [0.2, 0.25) is 0 Å². The Morgan fingerprint density at radius 3 is 2.73 bits per heavy atom. The van der Waals surface area contributed by atoms with Gasteiger partial charge in [0, 0.05) is 7.11 Å². The van der Waals surface area contributed by atoms with Crippen molar-refractivity contribution in [1.82, 2.24) is 19.7 Å². The second kappa shape index (κ2) is 12.4. The maximum atomic E-state index is 14.6. The lowest BCUT2D eigenvalue weighted by atomic mass is 9.86. The summed E-state index contributed by atoms with van der Waals surface area (Å²) < 4.78 is 56.7. The summed E-state index contributed by atoms with van der Waals surface area (Å²) in [5.41, 5.74) is 1.95. The van der Waals surface area contributed by atoms with Crippen LogP contribution in [0.4, 0.5) is 10.2 Å². The molecule has 2 aromatic heterocycles. The molecule has 1 aromatic carbocycles. The monoisotopic (exact) mass is 597 g/mol. The molecule has 0 saturated carbocycles. The SMILES string of the molecule is CO[C@H](C)COC(=O)[C@H](C)N[P@](=O)(OC[C@@]1(CF)OC[C@@](O)(c2ccc3c(N)ncnn23)[C@@H]1O)Oc1ccccc1. The van der Waals surface area contributed by atoms with Crippen molar-refractivity contribution in [2.45, 2.75) is 43.3 Å². The fraction of sp³-hybridized carbons (Fsp3) is 0.480. The summed E-state index contributed by atoms with van der Waals surface area (Å²) in [5.74, 6) is -0.534. The molecule has 16 heteroatoms. The van der Waals surface area contributed by atoms with Crippen molar-refractivity contribution >= 4 is 25.1 Å². The Morgan fingerprint density at radius 2 is 2.05 bits per heavy atom. The standard InChI is InChI=1S/C25H33FN5O9P/c1-16(36-3)11-37-22(32)17(2)30-41(35,40-18-7-5-4-6-8-18)39-13-24(12-26)23(33)25(34,14-38-24)20-10-9-19-21(27)28-15-29-31(19)20/h4-10,15-17,23,33-34H,11-14H2,1-3H3,(H,30,35)(H2,27,28,29)/t16-,17+,23-,24-,25-,41+/m1/s1. The van der Waals surface area contributed by atoms with E-state index in [4.69, 9.17) is 29.0 Å². The van der Waals surface area contributed by atoms with E-state index in [2.05, 4.69) is 15.2 Å². The Kier molecular flexibility index (Phi) is 9.29. The van der Waals surface area contributed by atoms with Gasteiger partial charge in [-0.25, -0.2) is 18.5 Å². The van der Waals surface area contributed by atoms with Crippen molar-refractivity contribution < 1.29 is 47.2 Å². The summed E-state index contributed by atoms with van der Waals surface area (Å²) in [5, 5.41) is 29.3. The second-order valence-corrected chi connectivity index (χ2v) is 11.4. The number of carbonyl (C=O) groups excluding carboxylic acids is 1. The van der Waals surface area contributed by atoms with Crippen LogP contribution in [0.3, 0.4) is 0 Å². The highest BCUT2D eigenvalue weighted by Gasteiger charge is 2.60. The van der Waals surface area contributed by atoms with Gasteiger partial charge in [0.05, 0.1) is 25.0 Å². The van der Waals surface area contributed by atoms with Crippen molar-refractivity contribution in [3.8, 4) is 5.75 Å². The smallest absolute Gasteiger partial charge is 0.459 e. The first-order valence-electron chi connectivity index (χ1n) is 12.6. The number of nitrogens with zero attached hydrogens (tertiary/aromatic N) is 3. The van der Waals surface area contributed by atoms with Gasteiger partial charge in [-0.1, -0.05) is 18.2 Å². The molecule has 1 fully saturated rings. The summed E-state index contributed by atoms with van der Waals surface area (Å²) in [6.45, 7) is 0.276. The highest BCUT2D eigenvalue weighted by Crippen LogP contribution is 2.48. The molecule has 0 unspecified atom stereocenters. The number of nitrogen functional groups attached to an aromatic ring is 1. The lowest BCUT2D eigenvalue weighted by Crippen LogP contribution is -2.53. The first-order chi connectivity index (χ1) is 19.5. The number of nitrogens with one attached hydrogen (secondary N) is 1. The normalized spacial score (nSPS) is 25.5. The number of fused-ring (bicyclic) bond motifs is 1. The largest absolute Gasteiger partial charge is 0.462 e. The molecule has 14 nitrogen and oxygen atoms in total. The number of aliphatic hydroxyl groups excluding tert-OH is 1. The molecule has 0 aliphatic carbocycles. The molecule has 1 aliphatic rings. The number of alkyl halides is 1. The van der Waals surface area contributed by atoms with Crippen LogP contribution in [0.2, 0.25) is 0 Å². The number of aliphatic hydroxyl groups is 2. The second-order valence-electron chi connectivity index (χ2n) is 9.68. The molecule has 224 valence electrons. The van der Waals surface area contributed by atoms with Gasteiger partial charge in [-0.2, -0.15) is 10.2 Å². The number of esters is 1. The predicted octanol–water partition coefficient (Wildman–Crippen LogP) is 1.36. The van der Waals surface area contributed by atoms with E-state index >= 15 is 0 Å². The Bertz CT molecular complexity index is 1400. The van der Waals surface area contributed by atoms with Crippen LogP contribution in [-0.2, 0) is 33.7 Å². The molecule has 3 heterocycles. The zero-order valence-corrected chi connectivity index (χ0v) is 23.6. The first-order valence-corrected chi connectivity index (χ1v) is 14.2. The summed E-state index contributed by atoms with van der Waals surface area (Å²) in [6.07, 6.45) is -1.13. The van der Waals surface area contributed by atoms with Gasteiger partial charge in [-0.3, -0.25) is 9.32 Å². The summed E-state index contributed by atoms with van der Waals surface area (Å²) in [6, 6.07) is 9.72. The van der Waals surface area contributed by atoms with Crippen LogP contribution in [0.1, 0.15) is 19.5 Å². The van der Waals surface area contributed by atoms with Gasteiger partial charge >= 0.3 is 13.7 Å². The van der Waals surface area contributed by atoms with Crippen LogP contribution in [0, 0.1) is 0 Å². The molecular formula is C25H33FN5O9P. The van der Waals surface area contributed by atoms with E-state index in [9.17, 15) is 24.0 Å². The van der Waals surface area contributed by atoms with Crippen LogP contribution in [-0.4, -0.2) is 88.2 Å². The number of hydrogen-bond acceptors (Lipinski definition) is 12. The van der Waals surface area contributed by atoms with Gasteiger partial charge in [-0.15, -0.1) is 0 Å². The van der Waals surface area contributed by atoms with Gasteiger partial charge in [0.15, 0.2) is 11.4 Å². The van der Waals surface area contributed by atoms with Crippen LogP contribution in [0.5, 0.6) is 5.75 Å². The summed E-state index contributed by atoms with van der Waals surface area (Å²) in [7, 11) is -2.99. The van der Waals surface area contributed by atoms with Crippen LogP contribution in [0.15, 0.2) is 48.8 Å². The molecule has 6 atom stereocenters. The van der Waals surface area contributed by atoms with Crippen LogP contribution >= 0.6 is 7.75 Å². The minimum Gasteiger partial charge on any atom is -0.462 e. The molecular weight excluding hydrogens is 564 g/mol. The van der Waals surface area contributed by atoms with Crippen LogP contribution in [0.25, 0.3) is 5.52 Å². The third-order valence-electron chi connectivity index (χ3n) is 6.70. The van der Waals surface area contributed by atoms with Gasteiger partial charge < -0.3 is 34.7 Å². The fourth-order valence-corrected chi connectivity index (χ4v) is 5.75. The zero-order valence-electron chi connectivity index (χ0n) is 22.7. The molecule has 3 aromatic rings. The van der Waals surface area contributed by atoms with E-state index < -0.39 is 57.0 Å². The molecule has 0 radical (unpaired) electrons. The molecule has 4 rings (SSSR count). The van der Waals surface area contributed by atoms with E-state index in [1.165, 1.54) is 42.8 Å². The number of carbonyl (C=O) groups is 1. The average Bonchev–Trinajstić information content (AvgIpc) is 3.52. The highest BCUT2D eigenvalue weighted by atomic mass is 31.2. The maximum Gasteiger partial charge on any atom is 0.459 e. The minimum absolute atomic E-state index is 0.0549. The first kappa shape index (κ1) is 30.8. The summed E-state index contributed by atoms with van der Waals surface area (Å²) >= 11 is 0. The Morgan fingerprint density at radius 1 is 1.32 bits per heavy atom. The number of nitrogens with two attached hydrogens (primary N) is 1. The molecule has 0 spiro atoms. The molecule has 0 amide bonds. The summed E-state index contributed by atoms with van der Waals surface area (Å²) in [4.78, 5) is 16.4. The average molecular weight is 598 g/mol. The Hall–Kier alpha value is -3.17. The zero-order chi connectivity index (χ0) is 29.8. The quantitative estimate of drug-likeness (QED) is 0.163. The number of anilines is 1. The van der Waals surface area contributed by atoms with Crippen molar-refractivity contribution in [2.24, 2.45) is 0 Å². The maximum absolute atomic E-state index is 14.6. The number of hydrogen-bond donors (Lipinski definition) is 4. The highest BCUT2D eigenvalue weighted by molar-refractivity contribution is 7.52. The van der Waals surface area contributed by atoms with E-state index in [0.29, 0.717) is 5.52 Å². The van der Waals surface area contributed by atoms with Crippen molar-refractivity contribution in [1.29, 1.82) is 0 Å². The van der Waals surface area contributed by atoms with Crippen molar-refractivity contribution in [2.75, 3.05) is 39.3 Å². The number of para-hydroxylation sites is 1. The van der Waals surface area contributed by atoms with Crippen LogP contribution < -0.4 is 15.3 Å². The number of methoxy groups -OCH3 is 1. The number of rotatable bonds is 13. The third-order valence-corrected chi connectivity index (χ3v) is 8.32. The van der Waals surface area contributed by atoms with E-state index in [1.807, 2.05) is 0 Å². The fourth-order valence-electron chi connectivity index (χ4n) is 4.20. The molecule has 41 heavy (non-hydrogen) atoms. The van der Waals surface area contributed by atoms with E-state index in [-0.39, 0.29) is 30.0 Å². The number of aromatic nitrogens is 3. The molecule has 1 saturated heterocycles. The lowest BCUT2D eigenvalue weighted by Gasteiger charge is -2.33. The molecule has 5 N–H and O–H groups in total. The van der Waals surface area contributed by atoms with Crippen molar-refractivity contribution in [3.05, 3.63) is 54.5 Å². The third kappa shape index (κ3) is 6.36. The van der Waals surface area contributed by atoms with Gasteiger partial charge in [0.25, 0.3) is 0 Å². The van der Waals surface area contributed by atoms with Gasteiger partial charge in [0.1, 0.15) is 48.6 Å². The number of halogens is 1. The number of ether oxygens (including phenoxy) is 3.